The minimum absolute atomic E-state index is 0.0521. The maximum Gasteiger partial charge on any atom is 0.411 e. The lowest BCUT2D eigenvalue weighted by Gasteiger charge is -2.48. The Kier molecular flexibility index (Phi) is 13.0. The molecule has 15 atom stereocenters. The van der Waals surface area contributed by atoms with Crippen molar-refractivity contribution in [3.8, 4) is 0 Å². The van der Waals surface area contributed by atoms with E-state index < -0.39 is 89.6 Å². The Morgan fingerprint density at radius 3 is 2.43 bits per heavy atom. The number of carbonyl (C=O) groups is 3. The quantitative estimate of drug-likeness (QED) is 0.267. The maximum atomic E-state index is 14.9. The van der Waals surface area contributed by atoms with Crippen LogP contribution in [0.2, 0.25) is 0 Å². The molecule has 7 rings (SSSR count). The van der Waals surface area contributed by atoms with Gasteiger partial charge in [-0.2, -0.15) is 0 Å². The van der Waals surface area contributed by atoms with E-state index in [1.807, 2.05) is 90.9 Å². The van der Waals surface area contributed by atoms with E-state index >= 15 is 0 Å². The lowest BCUT2D eigenvalue weighted by atomic mass is 9.73. The molecular formula is C46H65N3O11. The highest BCUT2D eigenvalue weighted by atomic mass is 16.7. The third kappa shape index (κ3) is 8.44. The van der Waals surface area contributed by atoms with Crippen molar-refractivity contribution in [1.29, 1.82) is 0 Å². The van der Waals surface area contributed by atoms with Gasteiger partial charge in [0.05, 0.1) is 61.3 Å². The second kappa shape index (κ2) is 17.6. The van der Waals surface area contributed by atoms with Gasteiger partial charge in [0.1, 0.15) is 24.6 Å². The first-order valence-corrected chi connectivity index (χ1v) is 21.8. The monoisotopic (exact) mass is 835 g/mol. The topological polar surface area (TPSA) is 155 Å². The fourth-order valence-corrected chi connectivity index (χ4v) is 10.7. The molecule has 14 heteroatoms. The smallest absolute Gasteiger partial charge is 0.411 e. The van der Waals surface area contributed by atoms with Crippen molar-refractivity contribution in [2.75, 3.05) is 33.9 Å². The van der Waals surface area contributed by atoms with Gasteiger partial charge in [0.2, 0.25) is 0 Å². The van der Waals surface area contributed by atoms with Crippen LogP contribution < -0.4 is 0 Å². The van der Waals surface area contributed by atoms with E-state index in [0.29, 0.717) is 18.6 Å². The van der Waals surface area contributed by atoms with Crippen molar-refractivity contribution in [1.82, 2.24) is 9.80 Å². The lowest BCUT2D eigenvalue weighted by Crippen LogP contribution is -2.61. The van der Waals surface area contributed by atoms with Gasteiger partial charge >= 0.3 is 12.1 Å². The van der Waals surface area contributed by atoms with Gasteiger partial charge in [-0.3, -0.25) is 14.5 Å². The number of nitrogens with zero attached hydrogens (tertiary/aromatic N) is 3. The van der Waals surface area contributed by atoms with Gasteiger partial charge < -0.3 is 43.3 Å². The van der Waals surface area contributed by atoms with Gasteiger partial charge in [-0.05, 0) is 83.5 Å². The van der Waals surface area contributed by atoms with Crippen LogP contribution in [0.4, 0.5) is 4.79 Å². The average molecular weight is 836 g/mol. The number of ketones is 1. The number of esters is 1. The van der Waals surface area contributed by atoms with Crippen molar-refractivity contribution in [2.24, 2.45) is 34.7 Å². The van der Waals surface area contributed by atoms with Gasteiger partial charge in [-0.15, -0.1) is 0 Å². The molecule has 0 radical (unpaired) electrons. The van der Waals surface area contributed by atoms with E-state index in [1.165, 1.54) is 0 Å². The largest absolute Gasteiger partial charge is 0.458 e. The number of aliphatic hydroxyl groups is 1. The zero-order valence-electron chi connectivity index (χ0n) is 36.9. The third-order valence-corrected chi connectivity index (χ3v) is 14.0. The number of Topliss-reactive ketones (excluding diaryl/α,β-unsaturated/α-hetero) is 1. The summed E-state index contributed by atoms with van der Waals surface area (Å²) in [6, 6.07) is 13.1. The molecule has 5 aliphatic rings. The number of likely N-dealkylation sites (N-methyl/N-ethyl adjacent to an activating group) is 1. The van der Waals surface area contributed by atoms with Crippen molar-refractivity contribution >= 4 is 34.3 Å². The maximum absolute atomic E-state index is 14.9. The Morgan fingerprint density at radius 2 is 1.72 bits per heavy atom. The summed E-state index contributed by atoms with van der Waals surface area (Å²) in [4.78, 5) is 53.2. The molecule has 330 valence electrons. The normalized spacial score (nSPS) is 41.1. The van der Waals surface area contributed by atoms with E-state index in [2.05, 4.69) is 12.1 Å². The Labute approximate surface area is 354 Å². The van der Waals surface area contributed by atoms with Crippen LogP contribution in [-0.4, -0.2) is 132 Å². The van der Waals surface area contributed by atoms with Crippen molar-refractivity contribution in [2.45, 2.75) is 141 Å². The second-order valence-electron chi connectivity index (χ2n) is 18.7. The number of fused-ring (bicyclic) bond motifs is 6. The summed E-state index contributed by atoms with van der Waals surface area (Å²) >= 11 is 0. The van der Waals surface area contributed by atoms with Gasteiger partial charge in [-0.25, -0.2) is 4.79 Å². The number of aliphatic hydroxyl groups excluding tert-OH is 1. The van der Waals surface area contributed by atoms with Crippen molar-refractivity contribution < 1.29 is 52.7 Å². The van der Waals surface area contributed by atoms with Gasteiger partial charge in [0.25, 0.3) is 0 Å². The predicted octanol–water partition coefficient (Wildman–Crippen LogP) is 5.75. The number of oxime groups is 1. The van der Waals surface area contributed by atoms with Gasteiger partial charge in [-0.1, -0.05) is 69.2 Å². The van der Waals surface area contributed by atoms with E-state index in [-0.39, 0.29) is 50.7 Å². The van der Waals surface area contributed by atoms with E-state index in [0.717, 1.165) is 16.3 Å². The number of hydrogen-bond donors (Lipinski definition) is 1. The zero-order valence-corrected chi connectivity index (χ0v) is 36.9. The fraction of sp³-hybridized carbons (Fsp3) is 0.696. The summed E-state index contributed by atoms with van der Waals surface area (Å²) in [7, 11) is 3.84. The van der Waals surface area contributed by atoms with Crippen molar-refractivity contribution in [3.05, 3.63) is 48.0 Å². The lowest BCUT2D eigenvalue weighted by molar-refractivity contribution is -0.302. The van der Waals surface area contributed by atoms with Crippen LogP contribution in [0.1, 0.15) is 80.2 Å². The number of rotatable bonds is 7. The number of ether oxygens (including phenoxy) is 6. The summed E-state index contributed by atoms with van der Waals surface area (Å²) in [6.07, 6.45) is -4.28. The Bertz CT molecular complexity index is 1930. The highest BCUT2D eigenvalue weighted by molar-refractivity contribution is 5.92. The molecule has 0 aliphatic carbocycles. The third-order valence-electron chi connectivity index (χ3n) is 14.0. The molecule has 3 unspecified atom stereocenters. The molecule has 5 heterocycles. The van der Waals surface area contributed by atoms with Crippen LogP contribution in [0.3, 0.4) is 0 Å². The Morgan fingerprint density at radius 1 is 0.983 bits per heavy atom. The first-order valence-electron chi connectivity index (χ1n) is 21.8. The summed E-state index contributed by atoms with van der Waals surface area (Å²) in [5.74, 6) is -3.93. The zero-order chi connectivity index (χ0) is 43.3. The van der Waals surface area contributed by atoms with Gasteiger partial charge in [0.15, 0.2) is 11.9 Å². The molecule has 0 saturated carbocycles. The molecular weight excluding hydrogens is 771 g/mol. The predicted molar refractivity (Wildman–Crippen MR) is 223 cm³/mol. The van der Waals surface area contributed by atoms with Crippen LogP contribution in [0.5, 0.6) is 0 Å². The highest BCUT2D eigenvalue weighted by Gasteiger charge is 2.61. The van der Waals surface area contributed by atoms with E-state index in [4.69, 9.17) is 38.4 Å². The molecule has 1 amide bonds. The number of benzene rings is 2. The molecule has 2 aromatic carbocycles. The first-order chi connectivity index (χ1) is 28.4. The molecule has 5 saturated heterocycles. The number of amides is 1. The standard InChI is InChI=1S/C46H65N3O11/c1-11-36-46(8)40-27(4)37(50)25(2)20-45(7)41(59-43-38(51)35(48(9)10)18-26(3)57-43)28(5)39(29(6)42(52)58-36)54-23-33(24-55-45)34(21-49(40)44(53)60-46)47-56-22-30-16-17-31-14-12-13-15-32(31)19-30/h12-17,19,25-29,33,35-36,38-41,43,51H,11,18,20-24H2,1-10H3/b47-34-/t25-,26-,27+,28+,29-,33?,35+,36-,38-,39+,40+,41-,43+,45?,46?/m1/s1. The molecule has 60 heavy (non-hydrogen) atoms. The van der Waals surface area contributed by atoms with Crippen LogP contribution >= 0.6 is 0 Å². The second-order valence-corrected chi connectivity index (χ2v) is 18.7. The minimum Gasteiger partial charge on any atom is -0.458 e. The molecule has 14 nitrogen and oxygen atoms in total. The van der Waals surface area contributed by atoms with Crippen molar-refractivity contribution in [3.63, 3.8) is 0 Å². The number of cyclic esters (lactones) is 1. The number of carbonyl (C=O) groups excluding carboxylic acids is 3. The minimum atomic E-state index is -1.38. The summed E-state index contributed by atoms with van der Waals surface area (Å²) in [5.41, 5.74) is -1.19. The molecule has 0 spiro atoms. The molecule has 1 N–H and O–H groups in total. The van der Waals surface area contributed by atoms with E-state index in [9.17, 15) is 19.5 Å². The fourth-order valence-electron chi connectivity index (χ4n) is 10.7. The van der Waals surface area contributed by atoms with Gasteiger partial charge in [0, 0.05) is 29.7 Å². The molecule has 6 bridgehead atoms. The molecule has 5 aliphatic heterocycles. The summed E-state index contributed by atoms with van der Waals surface area (Å²) in [6.45, 7) is 15.2. The van der Waals surface area contributed by atoms with Crippen LogP contribution in [0.25, 0.3) is 10.8 Å². The first kappa shape index (κ1) is 44.4. The van der Waals surface area contributed by atoms with Crippen LogP contribution in [0, 0.1) is 29.6 Å². The molecule has 5 fully saturated rings. The number of hydrogen-bond acceptors (Lipinski definition) is 13. The highest BCUT2D eigenvalue weighted by Crippen LogP contribution is 2.45. The van der Waals surface area contributed by atoms with E-state index in [1.54, 1.807) is 18.7 Å². The Hall–Kier alpha value is -3.66. The van der Waals surface area contributed by atoms with Crippen LogP contribution in [-0.2, 0) is 49.5 Å². The van der Waals surface area contributed by atoms with Crippen LogP contribution in [0.15, 0.2) is 47.6 Å². The summed E-state index contributed by atoms with van der Waals surface area (Å²) in [5, 5.41) is 18.7. The Balaban J connectivity index is 1.36. The SMILES string of the molecule is CC[C@H]1OC(=O)[C@H](C)[C@H]2OCC3COC(C)(C[C@@H](C)C(=O)[C@H](C)[C@@H]4N(C/C3=N/OCc3ccc5ccccc5c3)C(=O)OC41C)[C@H](O[C@@H]1O[C@H](C)C[C@H](N(C)C)[C@H]1O)[C@H]2C. The summed E-state index contributed by atoms with van der Waals surface area (Å²) < 4.78 is 39.9. The molecule has 0 aromatic heterocycles. The average Bonchev–Trinajstić information content (AvgIpc) is 3.49. The molecule has 2 aromatic rings.